The van der Waals surface area contributed by atoms with Gasteiger partial charge in [0.05, 0.1) is 6.20 Å². The van der Waals surface area contributed by atoms with Crippen LogP contribution in [0.3, 0.4) is 0 Å². The number of aryl methyl sites for hydroxylation is 1. The number of carbonyl (C=O) groups excluding carboxylic acids is 1. The topological polar surface area (TPSA) is 30.0 Å². The molecule has 0 saturated heterocycles. The molecule has 0 radical (unpaired) electrons. The Morgan fingerprint density at radius 3 is 3.00 bits per heavy atom. The second kappa shape index (κ2) is 3.86. The quantitative estimate of drug-likeness (QED) is 0.733. The molecule has 1 aliphatic rings. The Labute approximate surface area is 82.2 Å². The smallest absolute Gasteiger partial charge is 0.144 e. The first-order chi connectivity index (χ1) is 6.77. The maximum absolute atomic E-state index is 13.1. The summed E-state index contributed by atoms with van der Waals surface area (Å²) in [6.07, 6.45) is 5.77. The number of halogens is 1. The highest BCUT2D eigenvalue weighted by Gasteiger charge is 2.28. The lowest BCUT2D eigenvalue weighted by Gasteiger charge is -2.00. The van der Waals surface area contributed by atoms with Crippen molar-refractivity contribution in [3.63, 3.8) is 0 Å². The summed E-state index contributed by atoms with van der Waals surface area (Å²) in [7, 11) is 0. The molecule has 0 bridgehead atoms. The normalized spacial score (nSPS) is 15.5. The first-order valence-electron chi connectivity index (χ1n) is 4.88. The zero-order valence-electron chi connectivity index (χ0n) is 7.87. The Morgan fingerprint density at radius 2 is 2.36 bits per heavy atom. The van der Waals surface area contributed by atoms with Crippen LogP contribution in [0.1, 0.15) is 24.8 Å². The van der Waals surface area contributed by atoms with Crippen molar-refractivity contribution < 1.29 is 9.18 Å². The van der Waals surface area contributed by atoms with Crippen LogP contribution in [0.4, 0.5) is 4.39 Å². The highest BCUT2D eigenvalue weighted by atomic mass is 19.1. The van der Waals surface area contributed by atoms with E-state index in [0.717, 1.165) is 12.8 Å². The van der Waals surface area contributed by atoms with Crippen LogP contribution in [-0.4, -0.2) is 10.8 Å². The minimum Gasteiger partial charge on any atom is -0.299 e. The summed E-state index contributed by atoms with van der Waals surface area (Å²) in [5.41, 5.74) is 0.592. The molecule has 0 aliphatic heterocycles. The van der Waals surface area contributed by atoms with Gasteiger partial charge in [-0.05, 0) is 30.9 Å². The molecule has 0 unspecified atom stereocenters. The average molecular weight is 193 g/mol. The minimum absolute atomic E-state index is 0.278. The van der Waals surface area contributed by atoms with Crippen LogP contribution in [0.5, 0.6) is 0 Å². The third kappa shape index (κ3) is 2.16. The summed E-state index contributed by atoms with van der Waals surface area (Å²) in [4.78, 5) is 15.0. The molecule has 3 heteroatoms. The van der Waals surface area contributed by atoms with Crippen molar-refractivity contribution in [3.05, 3.63) is 29.8 Å². The molecule has 1 aromatic heterocycles. The van der Waals surface area contributed by atoms with Gasteiger partial charge in [-0.15, -0.1) is 0 Å². The molecule has 74 valence electrons. The molecule has 0 N–H and O–H groups in total. The van der Waals surface area contributed by atoms with Crippen molar-refractivity contribution in [2.45, 2.75) is 25.7 Å². The zero-order valence-corrected chi connectivity index (χ0v) is 7.87. The third-order valence-corrected chi connectivity index (χ3v) is 2.53. The Bertz CT molecular complexity index is 347. The van der Waals surface area contributed by atoms with E-state index in [1.807, 2.05) is 0 Å². The van der Waals surface area contributed by atoms with Gasteiger partial charge in [-0.3, -0.25) is 9.78 Å². The highest BCUT2D eigenvalue weighted by Crippen LogP contribution is 2.31. The van der Waals surface area contributed by atoms with E-state index in [2.05, 4.69) is 4.98 Å². The molecule has 0 aromatic carbocycles. The largest absolute Gasteiger partial charge is 0.299 e. The van der Waals surface area contributed by atoms with Crippen LogP contribution in [0, 0.1) is 11.7 Å². The summed E-state index contributed by atoms with van der Waals surface area (Å²) < 4.78 is 13.1. The van der Waals surface area contributed by atoms with Gasteiger partial charge in [-0.2, -0.15) is 0 Å². The fraction of sp³-hybridized carbons (Fsp3) is 0.455. The number of rotatable bonds is 4. The number of Topliss-reactive ketones (excluding diaryl/α,β-unsaturated/α-hetero) is 1. The Morgan fingerprint density at radius 1 is 1.57 bits per heavy atom. The molecular formula is C11H12FNO. The van der Waals surface area contributed by atoms with E-state index in [0.29, 0.717) is 18.4 Å². The van der Waals surface area contributed by atoms with Gasteiger partial charge in [0.25, 0.3) is 0 Å². The lowest BCUT2D eigenvalue weighted by atomic mass is 10.1. The molecule has 0 amide bonds. The number of hydrogen-bond donors (Lipinski definition) is 0. The van der Waals surface area contributed by atoms with Crippen LogP contribution < -0.4 is 0 Å². The summed E-state index contributed by atoms with van der Waals surface area (Å²) in [6.45, 7) is 0. The van der Waals surface area contributed by atoms with Crippen molar-refractivity contribution >= 4 is 5.78 Å². The maximum Gasteiger partial charge on any atom is 0.144 e. The monoisotopic (exact) mass is 193 g/mol. The second-order valence-electron chi connectivity index (χ2n) is 3.71. The van der Waals surface area contributed by atoms with Crippen molar-refractivity contribution in [2.24, 2.45) is 5.92 Å². The van der Waals surface area contributed by atoms with Gasteiger partial charge in [0.2, 0.25) is 0 Å². The van der Waals surface area contributed by atoms with Gasteiger partial charge < -0.3 is 0 Å². The number of nitrogens with zero attached hydrogens (tertiary/aromatic N) is 1. The molecule has 2 nitrogen and oxygen atoms in total. The molecule has 1 aromatic rings. The van der Waals surface area contributed by atoms with E-state index in [4.69, 9.17) is 0 Å². The average Bonchev–Trinajstić information content (AvgIpc) is 2.99. The number of aromatic nitrogens is 1. The summed E-state index contributed by atoms with van der Waals surface area (Å²) >= 11 is 0. The number of hydrogen-bond acceptors (Lipinski definition) is 2. The molecule has 1 aliphatic carbocycles. The Kier molecular flexibility index (Phi) is 2.57. The molecule has 14 heavy (non-hydrogen) atoms. The second-order valence-corrected chi connectivity index (χ2v) is 3.71. The standard InChI is InChI=1S/C11H12FNO/c12-10-7-13-6-5-8(10)3-4-11(14)9-1-2-9/h5-7,9H,1-4H2. The summed E-state index contributed by atoms with van der Waals surface area (Å²) in [6, 6.07) is 1.63. The summed E-state index contributed by atoms with van der Waals surface area (Å²) in [5.74, 6) is 0.247. The van der Waals surface area contributed by atoms with Gasteiger partial charge in [0, 0.05) is 18.5 Å². The van der Waals surface area contributed by atoms with Crippen molar-refractivity contribution in [1.82, 2.24) is 4.98 Å². The fourth-order valence-corrected chi connectivity index (χ4v) is 1.47. The van der Waals surface area contributed by atoms with Gasteiger partial charge >= 0.3 is 0 Å². The first kappa shape index (κ1) is 9.31. The maximum atomic E-state index is 13.1. The van der Waals surface area contributed by atoms with Crippen LogP contribution in [0.15, 0.2) is 18.5 Å². The van der Waals surface area contributed by atoms with E-state index >= 15 is 0 Å². The molecule has 2 rings (SSSR count). The highest BCUT2D eigenvalue weighted by molar-refractivity contribution is 5.83. The van der Waals surface area contributed by atoms with E-state index in [1.54, 1.807) is 12.3 Å². The lowest BCUT2D eigenvalue weighted by molar-refractivity contribution is -0.120. The van der Waals surface area contributed by atoms with Crippen molar-refractivity contribution in [3.8, 4) is 0 Å². The predicted octanol–water partition coefficient (Wildman–Crippen LogP) is 2.13. The van der Waals surface area contributed by atoms with Crippen LogP contribution >= 0.6 is 0 Å². The predicted molar refractivity (Wildman–Crippen MR) is 50.2 cm³/mol. The van der Waals surface area contributed by atoms with Gasteiger partial charge in [-0.25, -0.2) is 4.39 Å². The first-order valence-corrected chi connectivity index (χ1v) is 4.88. The van der Waals surface area contributed by atoms with Gasteiger partial charge in [0.1, 0.15) is 11.6 Å². The summed E-state index contributed by atoms with van der Waals surface area (Å²) in [5, 5.41) is 0. The Hall–Kier alpha value is -1.25. The van der Waals surface area contributed by atoms with Crippen LogP contribution in [0.25, 0.3) is 0 Å². The number of pyridine rings is 1. The van der Waals surface area contributed by atoms with Crippen LogP contribution in [-0.2, 0) is 11.2 Å². The third-order valence-electron chi connectivity index (χ3n) is 2.53. The SMILES string of the molecule is O=C(CCc1ccncc1F)C1CC1. The molecule has 1 heterocycles. The van der Waals surface area contributed by atoms with E-state index in [-0.39, 0.29) is 17.5 Å². The van der Waals surface area contributed by atoms with E-state index in [9.17, 15) is 9.18 Å². The molecular weight excluding hydrogens is 181 g/mol. The molecule has 0 atom stereocenters. The number of carbonyl (C=O) groups is 1. The molecule has 1 saturated carbocycles. The van der Waals surface area contributed by atoms with Gasteiger partial charge in [-0.1, -0.05) is 0 Å². The zero-order chi connectivity index (χ0) is 9.97. The molecule has 0 spiro atoms. The Balaban J connectivity index is 1.91. The van der Waals surface area contributed by atoms with Crippen molar-refractivity contribution in [2.75, 3.05) is 0 Å². The van der Waals surface area contributed by atoms with E-state index < -0.39 is 0 Å². The van der Waals surface area contributed by atoms with E-state index in [1.165, 1.54) is 6.20 Å². The molecule has 1 fully saturated rings. The van der Waals surface area contributed by atoms with Gasteiger partial charge in [0.15, 0.2) is 0 Å². The number of ketones is 1. The van der Waals surface area contributed by atoms with Crippen LogP contribution in [0.2, 0.25) is 0 Å². The minimum atomic E-state index is -0.309. The van der Waals surface area contributed by atoms with Crippen molar-refractivity contribution in [1.29, 1.82) is 0 Å². The lowest BCUT2D eigenvalue weighted by Crippen LogP contribution is -2.03. The fourth-order valence-electron chi connectivity index (χ4n) is 1.47.